The van der Waals surface area contributed by atoms with Crippen LogP contribution in [0, 0.1) is 0 Å². The third kappa shape index (κ3) is 2.78. The van der Waals surface area contributed by atoms with E-state index in [1.54, 1.807) is 23.2 Å². The van der Waals surface area contributed by atoms with Gasteiger partial charge in [-0.3, -0.25) is 4.79 Å². The summed E-state index contributed by atoms with van der Waals surface area (Å²) in [4.78, 5) is 14.5. The lowest BCUT2D eigenvalue weighted by Crippen LogP contribution is -2.32. The first-order chi connectivity index (χ1) is 11.3. The van der Waals surface area contributed by atoms with E-state index in [2.05, 4.69) is 15.4 Å². The molecule has 1 aliphatic carbocycles. The number of hydrogen-bond donors (Lipinski definition) is 0. The molecule has 120 valence electrons. The van der Waals surface area contributed by atoms with Crippen LogP contribution in [0.5, 0.6) is 5.88 Å². The van der Waals surface area contributed by atoms with Crippen LogP contribution in [-0.2, 0) is 12.8 Å². The Kier molecular flexibility index (Phi) is 3.69. The summed E-state index contributed by atoms with van der Waals surface area (Å²) >= 11 is 0. The number of ether oxygens (including phenoxy) is 1. The minimum Gasteiger partial charge on any atom is -0.471 e. The first-order valence-electron chi connectivity index (χ1n) is 8.02. The second-order valence-corrected chi connectivity index (χ2v) is 5.98. The summed E-state index contributed by atoms with van der Waals surface area (Å²) in [6.07, 6.45) is 6.29. The summed E-state index contributed by atoms with van der Waals surface area (Å²) in [7, 11) is 0. The summed E-state index contributed by atoms with van der Waals surface area (Å²) in [5.41, 5.74) is 1.49. The molecule has 7 heteroatoms. The summed E-state index contributed by atoms with van der Waals surface area (Å²) in [5.74, 6) is 1.32. The monoisotopic (exact) mass is 314 g/mol. The topological polar surface area (TPSA) is 81.4 Å². The van der Waals surface area contributed by atoms with Gasteiger partial charge in [0, 0.05) is 37.2 Å². The van der Waals surface area contributed by atoms with Crippen molar-refractivity contribution in [1.82, 2.24) is 20.3 Å². The maximum absolute atomic E-state index is 12.7. The molecule has 3 heterocycles. The van der Waals surface area contributed by atoms with Gasteiger partial charge in [0.05, 0.1) is 6.54 Å². The van der Waals surface area contributed by atoms with Gasteiger partial charge in [-0.2, -0.15) is 5.10 Å². The molecule has 1 aliphatic heterocycles. The number of carbonyl (C=O) groups excluding carboxylic acids is 1. The molecular formula is C16H18N4O3. The average molecular weight is 314 g/mol. The van der Waals surface area contributed by atoms with Crippen LogP contribution < -0.4 is 4.74 Å². The molecular weight excluding hydrogens is 296 g/mol. The van der Waals surface area contributed by atoms with E-state index in [9.17, 15) is 4.79 Å². The lowest BCUT2D eigenvalue weighted by Gasteiger charge is -2.16. The summed E-state index contributed by atoms with van der Waals surface area (Å²) in [6.45, 7) is 1.20. The predicted molar refractivity (Wildman–Crippen MR) is 80.1 cm³/mol. The van der Waals surface area contributed by atoms with Crippen molar-refractivity contribution in [3.05, 3.63) is 35.3 Å². The number of aromatic nitrogens is 3. The maximum Gasteiger partial charge on any atom is 0.276 e. The van der Waals surface area contributed by atoms with Gasteiger partial charge in [0.15, 0.2) is 5.69 Å². The van der Waals surface area contributed by atoms with Gasteiger partial charge in [-0.15, -0.1) is 5.10 Å². The minimum atomic E-state index is -0.0571. The Hall–Kier alpha value is -2.44. The zero-order valence-corrected chi connectivity index (χ0v) is 12.8. The Balaban J connectivity index is 1.43. The Morgan fingerprint density at radius 3 is 3.13 bits per heavy atom. The summed E-state index contributed by atoms with van der Waals surface area (Å²) in [5, 5.41) is 11.7. The highest BCUT2D eigenvalue weighted by atomic mass is 16.5. The molecule has 0 saturated carbocycles. The van der Waals surface area contributed by atoms with Crippen molar-refractivity contribution in [3.63, 3.8) is 0 Å². The Morgan fingerprint density at radius 2 is 2.26 bits per heavy atom. The lowest BCUT2D eigenvalue weighted by molar-refractivity contribution is 0.0759. The summed E-state index contributed by atoms with van der Waals surface area (Å²) in [6, 6.07) is 3.55. The predicted octanol–water partition coefficient (Wildman–Crippen LogP) is 1.64. The fraction of sp³-hybridized carbons (Fsp3) is 0.500. The number of aryl methyl sites for hydroxylation is 1. The number of likely N-dealkylation sites (tertiary alicyclic amines) is 1. The van der Waals surface area contributed by atoms with Crippen LogP contribution in [-0.4, -0.2) is 45.4 Å². The quantitative estimate of drug-likeness (QED) is 0.856. The smallest absolute Gasteiger partial charge is 0.276 e. The van der Waals surface area contributed by atoms with E-state index in [1.165, 1.54) is 0 Å². The van der Waals surface area contributed by atoms with Crippen LogP contribution in [0.4, 0.5) is 0 Å². The van der Waals surface area contributed by atoms with Crippen LogP contribution in [0.15, 0.2) is 22.9 Å². The first-order valence-corrected chi connectivity index (χ1v) is 8.02. The molecule has 7 nitrogen and oxygen atoms in total. The van der Waals surface area contributed by atoms with Gasteiger partial charge in [-0.05, 0) is 25.3 Å². The molecule has 0 bridgehead atoms. The van der Waals surface area contributed by atoms with Crippen molar-refractivity contribution < 1.29 is 14.1 Å². The normalized spacial score (nSPS) is 20.3. The molecule has 1 saturated heterocycles. The molecule has 0 spiro atoms. The van der Waals surface area contributed by atoms with Gasteiger partial charge in [0.25, 0.3) is 5.91 Å². The standard InChI is InChI=1S/C16H18N4O3/c21-16(15-12-4-1-2-5-13(12)23-19-15)20-9-7-11(10-20)22-14-6-3-8-17-18-14/h3,6,8,11H,1-2,4-5,7,9-10H2/t11-/m1/s1. The van der Waals surface area contributed by atoms with Crippen molar-refractivity contribution in [2.24, 2.45) is 0 Å². The number of nitrogens with zero attached hydrogens (tertiary/aromatic N) is 4. The largest absolute Gasteiger partial charge is 0.471 e. The number of rotatable bonds is 3. The fourth-order valence-electron chi connectivity index (χ4n) is 3.23. The van der Waals surface area contributed by atoms with Gasteiger partial charge in [0.1, 0.15) is 11.9 Å². The van der Waals surface area contributed by atoms with E-state index in [-0.39, 0.29) is 12.0 Å². The highest BCUT2D eigenvalue weighted by molar-refractivity contribution is 5.94. The number of amides is 1. The molecule has 2 aliphatic rings. The minimum absolute atomic E-state index is 0.0536. The van der Waals surface area contributed by atoms with Crippen LogP contribution in [0.2, 0.25) is 0 Å². The molecule has 2 aromatic heterocycles. The third-order valence-corrected chi connectivity index (χ3v) is 4.42. The van der Waals surface area contributed by atoms with E-state index in [0.29, 0.717) is 24.7 Å². The SMILES string of the molecule is O=C(c1noc2c1CCCC2)N1CC[C@@H](Oc2cccnn2)C1. The van der Waals surface area contributed by atoms with E-state index < -0.39 is 0 Å². The van der Waals surface area contributed by atoms with Crippen molar-refractivity contribution >= 4 is 5.91 Å². The van der Waals surface area contributed by atoms with Gasteiger partial charge in [0.2, 0.25) is 5.88 Å². The van der Waals surface area contributed by atoms with E-state index in [4.69, 9.17) is 9.26 Å². The molecule has 4 rings (SSSR count). The van der Waals surface area contributed by atoms with Crippen molar-refractivity contribution in [2.75, 3.05) is 13.1 Å². The second kappa shape index (κ2) is 5.98. The van der Waals surface area contributed by atoms with Gasteiger partial charge in [-0.25, -0.2) is 0 Å². The zero-order chi connectivity index (χ0) is 15.6. The molecule has 0 radical (unpaired) electrons. The van der Waals surface area contributed by atoms with Crippen LogP contribution in [0.25, 0.3) is 0 Å². The Bertz CT molecular complexity index is 701. The van der Waals surface area contributed by atoms with Gasteiger partial charge >= 0.3 is 0 Å². The third-order valence-electron chi connectivity index (χ3n) is 4.42. The number of carbonyl (C=O) groups is 1. The first kappa shape index (κ1) is 14.2. The molecule has 1 atom stereocenters. The Morgan fingerprint density at radius 1 is 1.35 bits per heavy atom. The van der Waals surface area contributed by atoms with E-state index in [1.807, 2.05) is 0 Å². The highest BCUT2D eigenvalue weighted by Gasteiger charge is 2.33. The van der Waals surface area contributed by atoms with Gasteiger partial charge in [-0.1, -0.05) is 5.16 Å². The maximum atomic E-state index is 12.7. The molecule has 0 aromatic carbocycles. The van der Waals surface area contributed by atoms with Gasteiger partial charge < -0.3 is 14.2 Å². The zero-order valence-electron chi connectivity index (χ0n) is 12.8. The van der Waals surface area contributed by atoms with Crippen molar-refractivity contribution in [1.29, 1.82) is 0 Å². The molecule has 0 unspecified atom stereocenters. The number of hydrogen-bond acceptors (Lipinski definition) is 6. The average Bonchev–Trinajstić information content (AvgIpc) is 3.22. The molecule has 1 fully saturated rings. The molecule has 1 amide bonds. The van der Waals surface area contributed by atoms with Crippen LogP contribution in [0.3, 0.4) is 0 Å². The number of fused-ring (bicyclic) bond motifs is 1. The second-order valence-electron chi connectivity index (χ2n) is 5.98. The van der Waals surface area contributed by atoms with Crippen LogP contribution >= 0.6 is 0 Å². The van der Waals surface area contributed by atoms with E-state index in [0.717, 1.165) is 43.4 Å². The lowest BCUT2D eigenvalue weighted by atomic mass is 9.96. The molecule has 0 N–H and O–H groups in total. The fourth-order valence-corrected chi connectivity index (χ4v) is 3.23. The molecule has 2 aromatic rings. The van der Waals surface area contributed by atoms with Crippen LogP contribution in [0.1, 0.15) is 41.1 Å². The molecule has 23 heavy (non-hydrogen) atoms. The highest BCUT2D eigenvalue weighted by Crippen LogP contribution is 2.26. The summed E-state index contributed by atoms with van der Waals surface area (Å²) < 4.78 is 11.1. The Labute approximate surface area is 133 Å². The van der Waals surface area contributed by atoms with E-state index >= 15 is 0 Å². The van der Waals surface area contributed by atoms with Crippen molar-refractivity contribution in [3.8, 4) is 5.88 Å². The van der Waals surface area contributed by atoms with Crippen molar-refractivity contribution in [2.45, 2.75) is 38.2 Å².